The summed E-state index contributed by atoms with van der Waals surface area (Å²) in [6.07, 6.45) is 5.72. The highest BCUT2D eigenvalue weighted by atomic mass is 35.5. The first-order valence-electron chi connectivity index (χ1n) is 10.1. The third-order valence-corrected chi connectivity index (χ3v) is 6.08. The van der Waals surface area contributed by atoms with Gasteiger partial charge in [0.25, 0.3) is 5.91 Å². The molecule has 2 unspecified atom stereocenters. The maximum Gasteiger partial charge on any atom is 0.260 e. The summed E-state index contributed by atoms with van der Waals surface area (Å²) in [6.45, 7) is 0.622. The van der Waals surface area contributed by atoms with Gasteiger partial charge in [0.1, 0.15) is 11.6 Å². The maximum absolute atomic E-state index is 13.2. The zero-order valence-corrected chi connectivity index (χ0v) is 17.7. The van der Waals surface area contributed by atoms with Crippen LogP contribution in [0.25, 0.3) is 0 Å². The van der Waals surface area contributed by atoms with E-state index in [1.54, 1.807) is 23.1 Å². The Labute approximate surface area is 185 Å². The summed E-state index contributed by atoms with van der Waals surface area (Å²) in [5.74, 6) is -0.130. The van der Waals surface area contributed by atoms with Gasteiger partial charge in [-0.25, -0.2) is 4.39 Å². The third-order valence-electron chi connectivity index (χ3n) is 5.85. The highest BCUT2D eigenvalue weighted by Crippen LogP contribution is 2.39. The number of ether oxygens (including phenoxy) is 1. The van der Waals surface area contributed by atoms with Gasteiger partial charge in [0.15, 0.2) is 12.7 Å². The van der Waals surface area contributed by atoms with E-state index in [-0.39, 0.29) is 35.6 Å². The lowest BCUT2D eigenvalue weighted by molar-refractivity contribution is -0.135. The lowest BCUT2D eigenvalue weighted by Gasteiger charge is -2.38. The molecule has 0 radical (unpaired) electrons. The first-order chi connectivity index (χ1) is 14.9. The fourth-order valence-electron chi connectivity index (χ4n) is 4.00. The number of halogens is 2. The van der Waals surface area contributed by atoms with E-state index in [4.69, 9.17) is 21.6 Å². The first kappa shape index (κ1) is 22.8. The monoisotopic (exact) mass is 443 g/mol. The summed E-state index contributed by atoms with van der Waals surface area (Å²) in [7, 11) is 0. The van der Waals surface area contributed by atoms with Gasteiger partial charge in [0.05, 0.1) is 17.6 Å². The molecule has 1 aliphatic heterocycles. The molecule has 0 aromatic heterocycles. The number of carbonyl (C=O) groups is 1. The Balaban J connectivity index is 1.55. The van der Waals surface area contributed by atoms with Crippen molar-refractivity contribution in [2.24, 2.45) is 11.3 Å². The molecule has 0 spiro atoms. The second-order valence-electron chi connectivity index (χ2n) is 7.92. The van der Waals surface area contributed by atoms with Gasteiger partial charge in [-0.3, -0.25) is 4.79 Å². The van der Waals surface area contributed by atoms with E-state index >= 15 is 0 Å². The summed E-state index contributed by atoms with van der Waals surface area (Å²) in [6, 6.07) is 8.64. The number of hydrogen-bond donors (Lipinski definition) is 1. The molecule has 1 aromatic rings. The zero-order chi connectivity index (χ0) is 22.4. The van der Waals surface area contributed by atoms with Gasteiger partial charge < -0.3 is 14.7 Å². The molecular formula is C23H23ClFN3O3. The number of hydrogen-bond acceptors (Lipinski definition) is 5. The number of amides is 1. The topological polar surface area (TPSA) is 97.3 Å². The van der Waals surface area contributed by atoms with Crippen LogP contribution in [-0.2, 0) is 4.79 Å². The molecule has 31 heavy (non-hydrogen) atoms. The quantitative estimate of drug-likeness (QED) is 0.663. The van der Waals surface area contributed by atoms with E-state index in [2.05, 4.69) is 6.07 Å². The Hall–Kier alpha value is -2.87. The van der Waals surface area contributed by atoms with Crippen LogP contribution in [0.4, 0.5) is 4.39 Å². The molecule has 1 N–H and O–H groups in total. The molecule has 1 heterocycles. The van der Waals surface area contributed by atoms with E-state index in [1.807, 2.05) is 6.08 Å². The SMILES string of the molecule is N#CC(O)c1cc(Cl)ccc1OCC(=O)N1CCC(C#N)(CC2C=CC(F)=CC2)CC1. The molecule has 2 atom stereocenters. The number of aliphatic hydroxyl groups excluding tert-OH is 1. The van der Waals surface area contributed by atoms with Gasteiger partial charge in [0, 0.05) is 23.7 Å². The molecule has 1 aliphatic carbocycles. The normalized spacial score (nSPS) is 20.9. The minimum Gasteiger partial charge on any atom is -0.483 e. The molecular weight excluding hydrogens is 421 g/mol. The summed E-state index contributed by atoms with van der Waals surface area (Å²) in [5.41, 5.74) is -0.329. The molecule has 1 amide bonds. The van der Waals surface area contributed by atoms with Crippen LogP contribution in [0.15, 0.2) is 42.3 Å². The molecule has 2 aliphatic rings. The van der Waals surface area contributed by atoms with Gasteiger partial charge in [-0.15, -0.1) is 0 Å². The lowest BCUT2D eigenvalue weighted by Crippen LogP contribution is -2.45. The molecule has 162 valence electrons. The maximum atomic E-state index is 13.2. The molecule has 6 nitrogen and oxygen atoms in total. The van der Waals surface area contributed by atoms with Crippen LogP contribution in [0.5, 0.6) is 5.75 Å². The van der Waals surface area contributed by atoms with Crippen LogP contribution >= 0.6 is 11.6 Å². The van der Waals surface area contributed by atoms with Crippen LogP contribution in [0.1, 0.15) is 37.4 Å². The van der Waals surface area contributed by atoms with Gasteiger partial charge in [-0.1, -0.05) is 17.7 Å². The van der Waals surface area contributed by atoms with Crippen molar-refractivity contribution in [3.63, 3.8) is 0 Å². The van der Waals surface area contributed by atoms with Crippen molar-refractivity contribution in [1.82, 2.24) is 4.90 Å². The van der Waals surface area contributed by atoms with Crippen molar-refractivity contribution >= 4 is 17.5 Å². The van der Waals surface area contributed by atoms with Crippen molar-refractivity contribution in [2.75, 3.05) is 19.7 Å². The van der Waals surface area contributed by atoms with Crippen LogP contribution in [0.3, 0.4) is 0 Å². The standard InChI is InChI=1S/C23H23ClFN3O3/c24-17-3-6-21(19(11-17)20(29)13-26)31-14-22(30)28-9-7-23(15-27,8-10-28)12-16-1-4-18(25)5-2-16/h1,3-6,11,16,20,29H,2,7-10,12,14H2. The number of nitriles is 2. The highest BCUT2D eigenvalue weighted by Gasteiger charge is 2.37. The Morgan fingerprint density at radius 3 is 2.74 bits per heavy atom. The fourth-order valence-corrected chi connectivity index (χ4v) is 4.18. The van der Waals surface area contributed by atoms with Crippen molar-refractivity contribution in [3.05, 3.63) is 52.8 Å². The summed E-state index contributed by atoms with van der Waals surface area (Å²) >= 11 is 5.92. The van der Waals surface area contributed by atoms with Crippen molar-refractivity contribution in [2.45, 2.75) is 31.8 Å². The number of aliphatic hydroxyl groups is 1. The number of carbonyl (C=O) groups excluding carboxylic acids is 1. The number of benzene rings is 1. The lowest BCUT2D eigenvalue weighted by atomic mass is 9.72. The smallest absolute Gasteiger partial charge is 0.260 e. The van der Waals surface area contributed by atoms with Crippen LogP contribution < -0.4 is 4.74 Å². The molecule has 1 fully saturated rings. The molecule has 1 saturated heterocycles. The molecule has 0 saturated carbocycles. The Morgan fingerprint density at radius 2 is 2.13 bits per heavy atom. The average Bonchev–Trinajstić information content (AvgIpc) is 2.79. The Morgan fingerprint density at radius 1 is 1.39 bits per heavy atom. The first-order valence-corrected chi connectivity index (χ1v) is 10.5. The molecule has 8 heteroatoms. The van der Waals surface area contributed by atoms with Crippen LogP contribution in [0.2, 0.25) is 5.02 Å². The summed E-state index contributed by atoms with van der Waals surface area (Å²) < 4.78 is 18.7. The molecule has 1 aromatic carbocycles. The highest BCUT2D eigenvalue weighted by molar-refractivity contribution is 6.30. The second-order valence-corrected chi connectivity index (χ2v) is 8.36. The Bertz CT molecular complexity index is 971. The molecule has 3 rings (SSSR count). The van der Waals surface area contributed by atoms with E-state index in [1.165, 1.54) is 18.2 Å². The number of likely N-dealkylation sites (tertiary alicyclic amines) is 1. The van der Waals surface area contributed by atoms with Gasteiger partial charge in [-0.05, 0) is 62.0 Å². The number of allylic oxidation sites excluding steroid dienone is 4. The van der Waals surface area contributed by atoms with Crippen LogP contribution in [0, 0.1) is 34.0 Å². The van der Waals surface area contributed by atoms with Gasteiger partial charge in [0.2, 0.25) is 0 Å². The van der Waals surface area contributed by atoms with E-state index in [0.717, 1.165) is 0 Å². The van der Waals surface area contributed by atoms with Crippen LogP contribution in [-0.4, -0.2) is 35.6 Å². The van der Waals surface area contributed by atoms with E-state index in [0.29, 0.717) is 43.8 Å². The second kappa shape index (κ2) is 9.96. The minimum absolute atomic E-state index is 0.125. The third kappa shape index (κ3) is 5.64. The predicted octanol–water partition coefficient (Wildman–Crippen LogP) is 4.23. The average molecular weight is 444 g/mol. The minimum atomic E-state index is -1.41. The number of piperidine rings is 1. The van der Waals surface area contributed by atoms with Gasteiger partial charge >= 0.3 is 0 Å². The predicted molar refractivity (Wildman–Crippen MR) is 112 cm³/mol. The van der Waals surface area contributed by atoms with Crippen molar-refractivity contribution in [1.29, 1.82) is 10.5 Å². The summed E-state index contributed by atoms with van der Waals surface area (Å²) in [5, 5.41) is 28.9. The van der Waals surface area contributed by atoms with E-state index in [9.17, 15) is 19.6 Å². The Kier molecular flexibility index (Phi) is 7.33. The molecule has 0 bridgehead atoms. The van der Waals surface area contributed by atoms with E-state index < -0.39 is 11.5 Å². The largest absolute Gasteiger partial charge is 0.483 e. The number of nitrogens with zero attached hydrogens (tertiary/aromatic N) is 3. The van der Waals surface area contributed by atoms with Gasteiger partial charge in [-0.2, -0.15) is 10.5 Å². The van der Waals surface area contributed by atoms with Crippen molar-refractivity contribution < 1.29 is 19.0 Å². The number of rotatable bonds is 6. The zero-order valence-electron chi connectivity index (χ0n) is 16.9. The van der Waals surface area contributed by atoms with Crippen molar-refractivity contribution in [3.8, 4) is 17.9 Å². The summed E-state index contributed by atoms with van der Waals surface area (Å²) in [4.78, 5) is 14.3. The fraction of sp³-hybridized carbons (Fsp3) is 0.435.